The predicted molar refractivity (Wildman–Crippen MR) is 68.2 cm³/mol. The molecule has 0 amide bonds. The summed E-state index contributed by atoms with van der Waals surface area (Å²) in [5.41, 5.74) is 5.58. The number of halogens is 2. The van der Waals surface area contributed by atoms with Gasteiger partial charge < -0.3 is 10.5 Å². The van der Waals surface area contributed by atoms with Crippen LogP contribution in [0.1, 0.15) is 5.56 Å². The number of hydrogen-bond acceptors (Lipinski definition) is 3. The third kappa shape index (κ3) is 3.01. The van der Waals surface area contributed by atoms with Crippen LogP contribution in [0, 0.1) is 11.6 Å². The van der Waals surface area contributed by atoms with Gasteiger partial charge >= 0.3 is 0 Å². The maximum Gasteiger partial charge on any atom is 0.130 e. The van der Waals surface area contributed by atoms with Crippen LogP contribution >= 0.6 is 12.2 Å². The number of nitrogens with two attached hydrogens (primary N) is 1. The van der Waals surface area contributed by atoms with E-state index in [9.17, 15) is 8.78 Å². The second kappa shape index (κ2) is 5.69. The minimum absolute atomic E-state index is 0.0705. The molecule has 1 aromatic carbocycles. The maximum atomic E-state index is 13.5. The van der Waals surface area contributed by atoms with Crippen molar-refractivity contribution in [2.24, 2.45) is 5.73 Å². The first-order valence-corrected chi connectivity index (χ1v) is 6.05. The molecule has 1 fully saturated rings. The molecular formula is C12H14F2N2OS. The molecule has 1 heterocycles. The van der Waals surface area contributed by atoms with Crippen LogP contribution in [0.15, 0.2) is 18.2 Å². The van der Waals surface area contributed by atoms with Crippen molar-refractivity contribution in [3.8, 4) is 0 Å². The summed E-state index contributed by atoms with van der Waals surface area (Å²) < 4.78 is 32.4. The monoisotopic (exact) mass is 272 g/mol. The van der Waals surface area contributed by atoms with E-state index in [4.69, 9.17) is 22.7 Å². The van der Waals surface area contributed by atoms with Crippen LogP contribution in [-0.2, 0) is 11.3 Å². The quantitative estimate of drug-likeness (QED) is 0.845. The zero-order valence-electron chi connectivity index (χ0n) is 9.73. The summed E-state index contributed by atoms with van der Waals surface area (Å²) in [5.74, 6) is -1.07. The molecule has 18 heavy (non-hydrogen) atoms. The maximum absolute atomic E-state index is 13.5. The summed E-state index contributed by atoms with van der Waals surface area (Å²) in [6, 6.07) is 3.86. The largest absolute Gasteiger partial charge is 0.391 e. The molecule has 0 saturated carbocycles. The first-order valence-electron chi connectivity index (χ1n) is 5.64. The highest BCUT2D eigenvalue weighted by Gasteiger charge is 2.24. The Hall–Kier alpha value is -1.11. The minimum Gasteiger partial charge on any atom is -0.391 e. The SMILES string of the molecule is NC(=S)C1CN(Cc2c(F)cccc2F)CCO1. The third-order valence-corrected chi connectivity index (χ3v) is 3.17. The Labute approximate surface area is 110 Å². The molecule has 6 heteroatoms. The van der Waals surface area contributed by atoms with Gasteiger partial charge in [-0.05, 0) is 12.1 Å². The van der Waals surface area contributed by atoms with Crippen molar-refractivity contribution >= 4 is 17.2 Å². The van der Waals surface area contributed by atoms with Gasteiger partial charge in [-0.25, -0.2) is 8.78 Å². The van der Waals surface area contributed by atoms with E-state index in [0.29, 0.717) is 19.7 Å². The van der Waals surface area contributed by atoms with Crippen molar-refractivity contribution in [3.63, 3.8) is 0 Å². The first kappa shape index (κ1) is 13.3. The molecule has 1 aromatic rings. The van der Waals surface area contributed by atoms with E-state index >= 15 is 0 Å². The summed E-state index contributed by atoms with van der Waals surface area (Å²) in [7, 11) is 0. The number of rotatable bonds is 3. The Morgan fingerprint density at radius 3 is 2.72 bits per heavy atom. The van der Waals surface area contributed by atoms with Crippen LogP contribution in [0.2, 0.25) is 0 Å². The highest BCUT2D eigenvalue weighted by atomic mass is 32.1. The minimum atomic E-state index is -0.534. The Bertz CT molecular complexity index is 435. The number of ether oxygens (including phenoxy) is 1. The van der Waals surface area contributed by atoms with E-state index in [2.05, 4.69) is 0 Å². The number of nitrogens with zero attached hydrogens (tertiary/aromatic N) is 1. The van der Waals surface area contributed by atoms with Gasteiger partial charge in [0.15, 0.2) is 0 Å². The summed E-state index contributed by atoms with van der Waals surface area (Å²) in [6.45, 7) is 1.72. The molecule has 0 bridgehead atoms. The Kier molecular flexibility index (Phi) is 4.21. The zero-order valence-corrected chi connectivity index (χ0v) is 10.6. The van der Waals surface area contributed by atoms with Gasteiger partial charge in [0.2, 0.25) is 0 Å². The molecule has 1 unspecified atom stereocenters. The van der Waals surface area contributed by atoms with Crippen molar-refractivity contribution in [1.29, 1.82) is 0 Å². The normalized spacial score (nSPS) is 20.9. The van der Waals surface area contributed by atoms with Gasteiger partial charge in [-0.15, -0.1) is 0 Å². The molecule has 0 aromatic heterocycles. The molecular weight excluding hydrogens is 258 g/mol. The van der Waals surface area contributed by atoms with Crippen LogP contribution in [0.5, 0.6) is 0 Å². The van der Waals surface area contributed by atoms with Gasteiger partial charge in [-0.1, -0.05) is 18.3 Å². The van der Waals surface area contributed by atoms with Gasteiger partial charge in [0.05, 0.1) is 6.61 Å². The number of hydrogen-bond donors (Lipinski definition) is 1. The Morgan fingerprint density at radius 2 is 2.11 bits per heavy atom. The lowest BCUT2D eigenvalue weighted by Gasteiger charge is -2.32. The highest BCUT2D eigenvalue weighted by Crippen LogP contribution is 2.16. The van der Waals surface area contributed by atoms with E-state index < -0.39 is 11.6 Å². The number of morpholine rings is 1. The molecule has 98 valence electrons. The number of benzene rings is 1. The standard InChI is InChI=1S/C12H14F2N2OS/c13-9-2-1-3-10(14)8(9)6-16-4-5-17-11(7-16)12(15)18/h1-3,11H,4-7H2,(H2,15,18). The van der Waals surface area contributed by atoms with Crippen molar-refractivity contribution in [2.45, 2.75) is 12.6 Å². The van der Waals surface area contributed by atoms with Crippen molar-refractivity contribution in [3.05, 3.63) is 35.4 Å². The van der Waals surface area contributed by atoms with E-state index in [-0.39, 0.29) is 23.2 Å². The number of thiocarbonyl (C=S) groups is 1. The van der Waals surface area contributed by atoms with Gasteiger partial charge in [0.1, 0.15) is 22.7 Å². The smallest absolute Gasteiger partial charge is 0.130 e. The summed E-state index contributed by atoms with van der Waals surface area (Å²) in [6.07, 6.45) is -0.344. The lowest BCUT2D eigenvalue weighted by Crippen LogP contribution is -2.47. The lowest BCUT2D eigenvalue weighted by molar-refractivity contribution is 0.00314. The molecule has 1 aliphatic heterocycles. The van der Waals surface area contributed by atoms with E-state index in [1.807, 2.05) is 4.90 Å². The molecule has 0 aliphatic carbocycles. The first-order chi connectivity index (χ1) is 8.58. The molecule has 1 atom stereocenters. The van der Waals surface area contributed by atoms with Crippen molar-refractivity contribution in [1.82, 2.24) is 4.90 Å². The van der Waals surface area contributed by atoms with Crippen LogP contribution < -0.4 is 5.73 Å². The van der Waals surface area contributed by atoms with Crippen LogP contribution in [0.25, 0.3) is 0 Å². The van der Waals surface area contributed by atoms with Crippen LogP contribution in [0.3, 0.4) is 0 Å². The average molecular weight is 272 g/mol. The van der Waals surface area contributed by atoms with E-state index in [1.54, 1.807) is 0 Å². The highest BCUT2D eigenvalue weighted by molar-refractivity contribution is 7.80. The van der Waals surface area contributed by atoms with E-state index in [0.717, 1.165) is 0 Å². The Morgan fingerprint density at radius 1 is 1.44 bits per heavy atom. The summed E-state index contributed by atoms with van der Waals surface area (Å²) in [5, 5.41) is 0. The molecule has 2 N–H and O–H groups in total. The van der Waals surface area contributed by atoms with Crippen molar-refractivity contribution < 1.29 is 13.5 Å². The molecule has 0 spiro atoms. The summed E-state index contributed by atoms with van der Waals surface area (Å²) in [4.78, 5) is 2.16. The van der Waals surface area contributed by atoms with Gasteiger partial charge in [-0.3, -0.25) is 4.90 Å². The Balaban J connectivity index is 2.07. The van der Waals surface area contributed by atoms with E-state index in [1.165, 1.54) is 18.2 Å². The van der Waals surface area contributed by atoms with Gasteiger partial charge in [0, 0.05) is 25.2 Å². The van der Waals surface area contributed by atoms with Gasteiger partial charge in [0.25, 0.3) is 0 Å². The second-order valence-electron chi connectivity index (χ2n) is 4.20. The fourth-order valence-electron chi connectivity index (χ4n) is 1.93. The fourth-order valence-corrected chi connectivity index (χ4v) is 2.07. The zero-order chi connectivity index (χ0) is 13.1. The molecule has 1 saturated heterocycles. The van der Waals surface area contributed by atoms with Crippen LogP contribution in [-0.4, -0.2) is 35.7 Å². The molecule has 2 rings (SSSR count). The molecule has 1 aliphatic rings. The second-order valence-corrected chi connectivity index (χ2v) is 4.67. The van der Waals surface area contributed by atoms with Crippen LogP contribution in [0.4, 0.5) is 8.78 Å². The average Bonchev–Trinajstić information content (AvgIpc) is 2.34. The topological polar surface area (TPSA) is 38.5 Å². The van der Waals surface area contributed by atoms with Crippen molar-refractivity contribution in [2.75, 3.05) is 19.7 Å². The molecule has 3 nitrogen and oxygen atoms in total. The summed E-state index contributed by atoms with van der Waals surface area (Å²) >= 11 is 4.86. The lowest BCUT2D eigenvalue weighted by atomic mass is 10.1. The van der Waals surface area contributed by atoms with Gasteiger partial charge in [-0.2, -0.15) is 0 Å². The molecule has 0 radical (unpaired) electrons. The predicted octanol–water partition coefficient (Wildman–Crippen LogP) is 1.45. The third-order valence-electron chi connectivity index (χ3n) is 2.91. The fraction of sp³-hybridized carbons (Fsp3) is 0.417.